The number of likely N-dealkylation sites (tertiary alicyclic amines) is 1. The Morgan fingerprint density at radius 1 is 0.941 bits per heavy atom. The van der Waals surface area contributed by atoms with Gasteiger partial charge in [0.25, 0.3) is 5.91 Å². The third kappa shape index (κ3) is 3.24. The SMILES string of the molecule is CC(C)=CC(=O)[C@@H]1[C@@H](c2ccc(C)cc2)CN(C)[C@@]12C(=O)N(c1ccccc1)c1ccccc12. The minimum atomic E-state index is -1.06. The summed E-state index contributed by atoms with van der Waals surface area (Å²) in [5, 5.41) is 0. The molecule has 3 aromatic carbocycles. The van der Waals surface area contributed by atoms with Crippen LogP contribution in [0.4, 0.5) is 11.4 Å². The van der Waals surface area contributed by atoms with E-state index in [1.54, 1.807) is 11.0 Å². The molecule has 2 aliphatic rings. The fourth-order valence-electron chi connectivity index (χ4n) is 5.85. The molecular formula is C30H30N2O2. The molecule has 0 saturated carbocycles. The van der Waals surface area contributed by atoms with E-state index in [0.717, 1.165) is 28.1 Å². The molecule has 4 nitrogen and oxygen atoms in total. The van der Waals surface area contributed by atoms with Crippen LogP contribution < -0.4 is 4.90 Å². The first kappa shape index (κ1) is 22.3. The van der Waals surface area contributed by atoms with E-state index < -0.39 is 11.5 Å². The summed E-state index contributed by atoms with van der Waals surface area (Å²) in [6, 6.07) is 26.1. The normalized spacial score (nSPS) is 23.9. The van der Waals surface area contributed by atoms with Gasteiger partial charge >= 0.3 is 0 Å². The van der Waals surface area contributed by atoms with E-state index in [-0.39, 0.29) is 17.6 Å². The van der Waals surface area contributed by atoms with Crippen molar-refractivity contribution in [3.05, 3.63) is 107 Å². The maximum Gasteiger partial charge on any atom is 0.257 e. The molecule has 0 radical (unpaired) electrons. The highest BCUT2D eigenvalue weighted by Crippen LogP contribution is 2.58. The van der Waals surface area contributed by atoms with E-state index in [1.807, 2.05) is 75.5 Å². The number of carbonyl (C=O) groups is 2. The summed E-state index contributed by atoms with van der Waals surface area (Å²) in [6.07, 6.45) is 1.72. The highest BCUT2D eigenvalue weighted by molar-refractivity contribution is 6.16. The number of ketones is 1. The molecule has 2 heterocycles. The van der Waals surface area contributed by atoms with E-state index in [4.69, 9.17) is 0 Å². The topological polar surface area (TPSA) is 40.6 Å². The lowest BCUT2D eigenvalue weighted by molar-refractivity contribution is -0.135. The third-order valence-electron chi connectivity index (χ3n) is 7.27. The van der Waals surface area contributed by atoms with Gasteiger partial charge in [-0.3, -0.25) is 19.4 Å². The molecule has 1 spiro atoms. The Hall–Kier alpha value is -3.50. The number of allylic oxidation sites excluding steroid dienone is 2. The fraction of sp³-hybridized carbons (Fsp3) is 0.267. The zero-order chi connectivity index (χ0) is 24.0. The standard InChI is InChI=1S/C30H30N2O2/c1-20(2)18-27(33)28-24(22-16-14-21(3)15-17-22)19-31(4)30(28)25-12-8-9-13-26(25)32(29(30)34)23-10-6-5-7-11-23/h5-18,24,28H,19H2,1-4H3/t24-,28+,30-/m1/s1. The van der Waals surface area contributed by atoms with Gasteiger partial charge in [0.15, 0.2) is 5.78 Å². The Morgan fingerprint density at radius 3 is 2.26 bits per heavy atom. The van der Waals surface area contributed by atoms with Crippen molar-refractivity contribution >= 4 is 23.1 Å². The lowest BCUT2D eigenvalue weighted by Gasteiger charge is -2.36. The van der Waals surface area contributed by atoms with E-state index in [2.05, 4.69) is 36.1 Å². The maximum absolute atomic E-state index is 14.5. The monoisotopic (exact) mass is 450 g/mol. The number of para-hydroxylation sites is 2. The molecule has 1 fully saturated rings. The van der Waals surface area contributed by atoms with Crippen LogP contribution in [0, 0.1) is 12.8 Å². The smallest absolute Gasteiger partial charge is 0.257 e. The van der Waals surface area contributed by atoms with E-state index in [0.29, 0.717) is 6.54 Å². The maximum atomic E-state index is 14.5. The number of hydrogen-bond donors (Lipinski definition) is 0. The van der Waals surface area contributed by atoms with Gasteiger partial charge in [-0.1, -0.05) is 71.8 Å². The van der Waals surface area contributed by atoms with Gasteiger partial charge in [-0.05, 0) is 57.7 Å². The van der Waals surface area contributed by atoms with Crippen LogP contribution in [0.3, 0.4) is 0 Å². The Morgan fingerprint density at radius 2 is 1.59 bits per heavy atom. The summed E-state index contributed by atoms with van der Waals surface area (Å²) in [5.41, 5.74) is 4.72. The van der Waals surface area contributed by atoms with Crippen LogP contribution >= 0.6 is 0 Å². The highest BCUT2D eigenvalue weighted by Gasteiger charge is 2.65. The van der Waals surface area contributed by atoms with Crippen LogP contribution in [-0.4, -0.2) is 30.2 Å². The van der Waals surface area contributed by atoms with E-state index in [9.17, 15) is 9.59 Å². The Bertz CT molecular complexity index is 1270. The molecule has 1 amide bonds. The number of rotatable bonds is 4. The quantitative estimate of drug-likeness (QED) is 0.475. The second-order valence-corrected chi connectivity index (χ2v) is 9.76. The third-order valence-corrected chi connectivity index (χ3v) is 7.27. The van der Waals surface area contributed by atoms with Gasteiger partial charge in [0.2, 0.25) is 0 Å². The number of hydrogen-bond acceptors (Lipinski definition) is 3. The average Bonchev–Trinajstić information content (AvgIpc) is 3.27. The van der Waals surface area contributed by atoms with E-state index in [1.165, 1.54) is 5.56 Å². The van der Waals surface area contributed by atoms with Crippen molar-refractivity contribution in [3.8, 4) is 0 Å². The van der Waals surface area contributed by atoms with Gasteiger partial charge in [0, 0.05) is 23.7 Å². The number of fused-ring (bicyclic) bond motifs is 2. The first-order chi connectivity index (χ1) is 16.4. The first-order valence-electron chi connectivity index (χ1n) is 11.8. The molecule has 0 aromatic heterocycles. The lowest BCUT2D eigenvalue weighted by Crippen LogP contribution is -2.52. The van der Waals surface area contributed by atoms with Gasteiger partial charge in [-0.2, -0.15) is 0 Å². The molecule has 3 atom stereocenters. The predicted molar refractivity (Wildman–Crippen MR) is 136 cm³/mol. The molecule has 0 bridgehead atoms. The zero-order valence-corrected chi connectivity index (χ0v) is 20.2. The number of likely N-dealkylation sites (N-methyl/N-ethyl adjacent to an activating group) is 1. The van der Waals surface area contributed by atoms with Crippen molar-refractivity contribution in [1.82, 2.24) is 4.90 Å². The minimum absolute atomic E-state index is 0.00740. The van der Waals surface area contributed by atoms with Gasteiger partial charge in [0.1, 0.15) is 5.54 Å². The molecule has 0 unspecified atom stereocenters. The van der Waals surface area contributed by atoms with Crippen molar-refractivity contribution in [1.29, 1.82) is 0 Å². The number of amides is 1. The molecule has 172 valence electrons. The molecule has 5 rings (SSSR count). The summed E-state index contributed by atoms with van der Waals surface area (Å²) in [4.78, 5) is 32.4. The lowest BCUT2D eigenvalue weighted by atomic mass is 9.71. The Kier molecular flexibility index (Phi) is 5.49. The molecular weight excluding hydrogens is 420 g/mol. The van der Waals surface area contributed by atoms with E-state index >= 15 is 0 Å². The second-order valence-electron chi connectivity index (χ2n) is 9.76. The largest absolute Gasteiger partial charge is 0.294 e. The van der Waals surface area contributed by atoms with Crippen molar-refractivity contribution in [2.24, 2.45) is 5.92 Å². The van der Waals surface area contributed by atoms with Gasteiger partial charge < -0.3 is 0 Å². The Balaban J connectivity index is 1.75. The number of carbonyl (C=O) groups excluding carboxylic acids is 2. The summed E-state index contributed by atoms with van der Waals surface area (Å²) < 4.78 is 0. The molecule has 0 aliphatic carbocycles. The molecule has 3 aromatic rings. The minimum Gasteiger partial charge on any atom is -0.294 e. The summed E-state index contributed by atoms with van der Waals surface area (Å²) in [5.74, 6) is -0.676. The van der Waals surface area contributed by atoms with Crippen molar-refractivity contribution in [2.75, 3.05) is 18.5 Å². The number of nitrogens with zero attached hydrogens (tertiary/aromatic N) is 2. The van der Waals surface area contributed by atoms with Gasteiger partial charge in [-0.25, -0.2) is 0 Å². The number of aryl methyl sites for hydroxylation is 1. The van der Waals surface area contributed by atoms with Gasteiger partial charge in [0.05, 0.1) is 11.6 Å². The summed E-state index contributed by atoms with van der Waals surface area (Å²) in [7, 11) is 1.99. The first-order valence-corrected chi connectivity index (χ1v) is 11.8. The van der Waals surface area contributed by atoms with Crippen LogP contribution in [0.1, 0.15) is 36.5 Å². The molecule has 0 N–H and O–H groups in total. The summed E-state index contributed by atoms with van der Waals surface area (Å²) >= 11 is 0. The average molecular weight is 451 g/mol. The second kappa shape index (κ2) is 8.37. The van der Waals surface area contributed by atoms with Crippen LogP contribution in [0.15, 0.2) is 90.5 Å². The molecule has 4 heteroatoms. The fourth-order valence-corrected chi connectivity index (χ4v) is 5.85. The van der Waals surface area contributed by atoms with Crippen molar-refractivity contribution in [3.63, 3.8) is 0 Å². The molecule has 2 aliphatic heterocycles. The van der Waals surface area contributed by atoms with Crippen LogP contribution in [0.25, 0.3) is 0 Å². The van der Waals surface area contributed by atoms with Crippen LogP contribution in [0.2, 0.25) is 0 Å². The summed E-state index contributed by atoms with van der Waals surface area (Å²) in [6.45, 7) is 6.56. The zero-order valence-electron chi connectivity index (χ0n) is 20.2. The molecule has 34 heavy (non-hydrogen) atoms. The highest BCUT2D eigenvalue weighted by atomic mass is 16.2. The van der Waals surface area contributed by atoms with Crippen LogP contribution in [0.5, 0.6) is 0 Å². The van der Waals surface area contributed by atoms with Crippen molar-refractivity contribution < 1.29 is 9.59 Å². The molecule has 1 saturated heterocycles. The Labute approximate surface area is 201 Å². The predicted octanol–water partition coefficient (Wildman–Crippen LogP) is 5.75. The van der Waals surface area contributed by atoms with Crippen molar-refractivity contribution in [2.45, 2.75) is 32.2 Å². The van der Waals surface area contributed by atoms with Gasteiger partial charge in [-0.15, -0.1) is 0 Å². The van der Waals surface area contributed by atoms with Crippen LogP contribution in [-0.2, 0) is 15.1 Å². The number of benzene rings is 3. The number of anilines is 2.